The van der Waals surface area contributed by atoms with Crippen LogP contribution < -0.4 is 10.9 Å². The van der Waals surface area contributed by atoms with Gasteiger partial charge in [0.15, 0.2) is 11.6 Å². The molecule has 1 saturated heterocycles. The number of aromatic amines is 1. The molecular weight excluding hydrogens is 437 g/mol. The summed E-state index contributed by atoms with van der Waals surface area (Å²) in [7, 11) is 0. The van der Waals surface area contributed by atoms with Gasteiger partial charge in [0.2, 0.25) is 0 Å². The SMILES string of the molecule is Cc1nc2cc(C3CC3)c(CNc3ncc(C(=O)N4CC(C)OC(C)C4)cc3F)cc2c(=O)[nH]1. The number of hydrogen-bond acceptors (Lipinski definition) is 6. The third-order valence-electron chi connectivity index (χ3n) is 6.34. The molecule has 0 spiro atoms. The lowest BCUT2D eigenvalue weighted by molar-refractivity contribution is -0.0586. The molecule has 8 nitrogen and oxygen atoms in total. The number of nitrogens with zero attached hydrogens (tertiary/aromatic N) is 3. The molecule has 1 aliphatic carbocycles. The van der Waals surface area contributed by atoms with E-state index in [9.17, 15) is 14.0 Å². The summed E-state index contributed by atoms with van der Waals surface area (Å²) < 4.78 is 20.6. The zero-order valence-electron chi connectivity index (χ0n) is 19.5. The number of morpholine rings is 1. The average molecular weight is 466 g/mol. The summed E-state index contributed by atoms with van der Waals surface area (Å²) in [6.45, 7) is 6.82. The van der Waals surface area contributed by atoms with Crippen LogP contribution in [-0.2, 0) is 11.3 Å². The number of carbonyl (C=O) groups is 1. The van der Waals surface area contributed by atoms with E-state index in [-0.39, 0.29) is 35.1 Å². The maximum Gasteiger partial charge on any atom is 0.258 e. The molecule has 178 valence electrons. The minimum absolute atomic E-state index is 0.0676. The topological polar surface area (TPSA) is 100 Å². The number of benzene rings is 1. The molecule has 0 radical (unpaired) electrons. The first kappa shape index (κ1) is 22.5. The van der Waals surface area contributed by atoms with Crippen molar-refractivity contribution in [1.82, 2.24) is 19.9 Å². The summed E-state index contributed by atoms with van der Waals surface area (Å²) in [6, 6.07) is 5.03. The van der Waals surface area contributed by atoms with Gasteiger partial charge in [-0.1, -0.05) is 0 Å². The smallest absolute Gasteiger partial charge is 0.258 e. The highest BCUT2D eigenvalue weighted by Gasteiger charge is 2.28. The second-order valence-electron chi connectivity index (χ2n) is 9.37. The summed E-state index contributed by atoms with van der Waals surface area (Å²) >= 11 is 0. The Hall–Kier alpha value is -3.33. The van der Waals surface area contributed by atoms with Crippen molar-refractivity contribution in [3.63, 3.8) is 0 Å². The highest BCUT2D eigenvalue weighted by molar-refractivity contribution is 5.94. The lowest BCUT2D eigenvalue weighted by Crippen LogP contribution is -2.48. The van der Waals surface area contributed by atoms with Crippen LogP contribution in [0, 0.1) is 12.7 Å². The van der Waals surface area contributed by atoms with Gasteiger partial charge in [0.1, 0.15) is 5.82 Å². The number of aromatic nitrogens is 3. The van der Waals surface area contributed by atoms with Gasteiger partial charge in [0.25, 0.3) is 11.5 Å². The van der Waals surface area contributed by atoms with Crippen LogP contribution in [-0.4, -0.2) is 51.1 Å². The number of amides is 1. The monoisotopic (exact) mass is 465 g/mol. The molecule has 1 amide bonds. The van der Waals surface area contributed by atoms with Crippen molar-refractivity contribution < 1.29 is 13.9 Å². The molecule has 9 heteroatoms. The fourth-order valence-electron chi connectivity index (χ4n) is 4.68. The molecule has 5 rings (SSSR count). The third kappa shape index (κ3) is 4.52. The van der Waals surface area contributed by atoms with E-state index in [1.54, 1.807) is 11.8 Å². The Bertz CT molecular complexity index is 1310. The maximum atomic E-state index is 14.9. The number of anilines is 1. The molecular formula is C25H28FN5O3. The second kappa shape index (κ2) is 8.79. The minimum Gasteiger partial charge on any atom is -0.372 e. The Morgan fingerprint density at radius 2 is 1.97 bits per heavy atom. The number of H-pyrrole nitrogens is 1. The van der Waals surface area contributed by atoms with Crippen LogP contribution >= 0.6 is 0 Å². The number of halogens is 1. The van der Waals surface area contributed by atoms with Crippen molar-refractivity contribution in [2.24, 2.45) is 0 Å². The van der Waals surface area contributed by atoms with E-state index in [0.29, 0.717) is 42.3 Å². The summed E-state index contributed by atoms with van der Waals surface area (Å²) in [5.41, 5.74) is 2.74. The molecule has 3 aromatic rings. The molecule has 2 unspecified atom stereocenters. The van der Waals surface area contributed by atoms with Crippen molar-refractivity contribution in [3.8, 4) is 0 Å². The molecule has 2 N–H and O–H groups in total. The van der Waals surface area contributed by atoms with Crippen LogP contribution in [0.3, 0.4) is 0 Å². The molecule has 0 bridgehead atoms. The summed E-state index contributed by atoms with van der Waals surface area (Å²) in [4.78, 5) is 38.3. The van der Waals surface area contributed by atoms with Crippen molar-refractivity contribution in [3.05, 3.63) is 63.1 Å². The van der Waals surface area contributed by atoms with Gasteiger partial charge in [0.05, 0.1) is 28.7 Å². The summed E-state index contributed by atoms with van der Waals surface area (Å²) in [5.74, 6) is 0.223. The van der Waals surface area contributed by atoms with Crippen molar-refractivity contribution >= 4 is 22.6 Å². The minimum atomic E-state index is -0.593. The lowest BCUT2D eigenvalue weighted by atomic mass is 10.0. The Balaban J connectivity index is 1.36. The molecule has 34 heavy (non-hydrogen) atoms. The normalized spacial score (nSPS) is 20.5. The van der Waals surface area contributed by atoms with Gasteiger partial charge in [-0.05, 0) is 68.9 Å². The predicted molar refractivity (Wildman–Crippen MR) is 127 cm³/mol. The molecule has 3 heterocycles. The number of ether oxygens (including phenoxy) is 1. The molecule has 2 aliphatic rings. The van der Waals surface area contributed by atoms with Crippen molar-refractivity contribution in [2.45, 2.75) is 58.3 Å². The first-order chi connectivity index (χ1) is 16.3. The highest BCUT2D eigenvalue weighted by Crippen LogP contribution is 2.42. The first-order valence-corrected chi connectivity index (χ1v) is 11.7. The Morgan fingerprint density at radius 3 is 2.65 bits per heavy atom. The van der Waals surface area contributed by atoms with E-state index in [0.717, 1.165) is 24.0 Å². The van der Waals surface area contributed by atoms with Crippen molar-refractivity contribution in [2.75, 3.05) is 18.4 Å². The lowest BCUT2D eigenvalue weighted by Gasteiger charge is -2.35. The van der Waals surface area contributed by atoms with Gasteiger partial charge in [-0.15, -0.1) is 0 Å². The third-order valence-corrected chi connectivity index (χ3v) is 6.34. The summed E-state index contributed by atoms with van der Waals surface area (Å²) in [6.07, 6.45) is 3.44. The molecule has 1 saturated carbocycles. The number of rotatable bonds is 5. The molecule has 1 aliphatic heterocycles. The average Bonchev–Trinajstić information content (AvgIpc) is 3.62. The maximum absolute atomic E-state index is 14.9. The Labute approximate surface area is 196 Å². The van der Waals surface area contributed by atoms with Crippen LogP contribution in [0.25, 0.3) is 10.9 Å². The number of nitrogens with one attached hydrogen (secondary N) is 2. The van der Waals surface area contributed by atoms with Gasteiger partial charge < -0.3 is 19.9 Å². The van der Waals surface area contributed by atoms with E-state index in [4.69, 9.17) is 4.74 Å². The van der Waals surface area contributed by atoms with Crippen LogP contribution in [0.1, 0.15) is 59.9 Å². The fourth-order valence-corrected chi connectivity index (χ4v) is 4.68. The number of carbonyl (C=O) groups excluding carboxylic acids is 1. The van der Waals surface area contributed by atoms with E-state index >= 15 is 0 Å². The quantitative estimate of drug-likeness (QED) is 0.598. The second-order valence-corrected chi connectivity index (χ2v) is 9.37. The van der Waals surface area contributed by atoms with Crippen LogP contribution in [0.15, 0.2) is 29.2 Å². The Morgan fingerprint density at radius 1 is 1.24 bits per heavy atom. The van der Waals surface area contributed by atoms with Gasteiger partial charge in [-0.3, -0.25) is 9.59 Å². The standard InChI is InChI=1S/C25H28FN5O3/c1-13-11-31(12-14(2)34-13)25(33)18-7-21(26)23(28-10-18)27-9-17-6-20-22(8-19(17)16-4-5-16)29-15(3)30-24(20)32/h6-8,10,13-14,16H,4-5,9,11-12H2,1-3H3,(H,27,28)(H,29,30,32). The van der Waals surface area contributed by atoms with E-state index < -0.39 is 5.82 Å². The van der Waals surface area contributed by atoms with Crippen LogP contribution in [0.5, 0.6) is 0 Å². The fraction of sp³-hybridized carbons (Fsp3) is 0.440. The molecule has 1 aromatic carbocycles. The van der Waals surface area contributed by atoms with E-state index in [1.807, 2.05) is 26.0 Å². The van der Waals surface area contributed by atoms with Crippen LogP contribution in [0.4, 0.5) is 10.2 Å². The van der Waals surface area contributed by atoms with Gasteiger partial charge >= 0.3 is 0 Å². The van der Waals surface area contributed by atoms with Gasteiger partial charge in [0, 0.05) is 25.8 Å². The van der Waals surface area contributed by atoms with E-state index in [2.05, 4.69) is 20.3 Å². The Kier molecular flexibility index (Phi) is 5.81. The molecule has 2 atom stereocenters. The largest absolute Gasteiger partial charge is 0.372 e. The zero-order chi connectivity index (χ0) is 24.0. The van der Waals surface area contributed by atoms with E-state index in [1.165, 1.54) is 12.3 Å². The van der Waals surface area contributed by atoms with Gasteiger partial charge in [-0.25, -0.2) is 14.4 Å². The van der Waals surface area contributed by atoms with Gasteiger partial charge in [-0.2, -0.15) is 0 Å². The molecule has 2 aromatic heterocycles. The number of aryl methyl sites for hydroxylation is 1. The predicted octanol–water partition coefficient (Wildman–Crippen LogP) is 3.50. The summed E-state index contributed by atoms with van der Waals surface area (Å²) in [5, 5.41) is 3.55. The first-order valence-electron chi connectivity index (χ1n) is 11.7. The van der Waals surface area contributed by atoms with Crippen molar-refractivity contribution in [1.29, 1.82) is 0 Å². The van der Waals surface area contributed by atoms with Crippen LogP contribution in [0.2, 0.25) is 0 Å². The number of hydrogen-bond donors (Lipinski definition) is 2. The molecule has 2 fully saturated rings. The number of fused-ring (bicyclic) bond motifs is 1. The number of pyridine rings is 1. The highest BCUT2D eigenvalue weighted by atomic mass is 19.1. The zero-order valence-corrected chi connectivity index (χ0v) is 19.5.